The van der Waals surface area contributed by atoms with Gasteiger partial charge in [-0.05, 0) is 13.0 Å². The first kappa shape index (κ1) is 11.5. The van der Waals surface area contributed by atoms with Crippen LogP contribution in [0.2, 0.25) is 0 Å². The first-order valence-corrected chi connectivity index (χ1v) is 5.81. The molecule has 0 aromatic carbocycles. The van der Waals surface area contributed by atoms with Crippen LogP contribution < -0.4 is 10.9 Å². The molecular formula is C10H15BrN2O. The molecule has 1 rings (SSSR count). The molecule has 78 valence electrons. The van der Waals surface area contributed by atoms with Gasteiger partial charge in [0.15, 0.2) is 0 Å². The van der Waals surface area contributed by atoms with Crippen molar-refractivity contribution in [1.82, 2.24) is 9.88 Å². The lowest BCUT2D eigenvalue weighted by molar-refractivity contribution is 0.540. The van der Waals surface area contributed by atoms with Crippen molar-refractivity contribution >= 4 is 15.9 Å². The van der Waals surface area contributed by atoms with Gasteiger partial charge in [-0.1, -0.05) is 22.0 Å². The largest absolute Gasteiger partial charge is 0.314 e. The molecule has 1 aromatic heterocycles. The zero-order chi connectivity index (χ0) is 10.4. The summed E-state index contributed by atoms with van der Waals surface area (Å²) in [5, 5.41) is 4.23. The molecule has 0 radical (unpaired) electrons. The number of nitrogens with zero attached hydrogens (tertiary/aromatic N) is 1. The van der Waals surface area contributed by atoms with Gasteiger partial charge in [0, 0.05) is 36.7 Å². The van der Waals surface area contributed by atoms with Gasteiger partial charge in [0.05, 0.1) is 0 Å². The summed E-state index contributed by atoms with van der Waals surface area (Å²) in [5.41, 5.74) is 0.0563. The van der Waals surface area contributed by atoms with Gasteiger partial charge in [-0.3, -0.25) is 4.79 Å². The van der Waals surface area contributed by atoms with Crippen molar-refractivity contribution in [2.24, 2.45) is 0 Å². The minimum atomic E-state index is 0.0563. The molecule has 0 saturated heterocycles. The molecule has 0 amide bonds. The smallest absolute Gasteiger partial charge is 0.250 e. The zero-order valence-corrected chi connectivity index (χ0v) is 9.83. The molecule has 0 spiro atoms. The number of rotatable bonds is 5. The number of hydrogen-bond donors (Lipinski definition) is 1. The zero-order valence-electron chi connectivity index (χ0n) is 8.24. The highest BCUT2D eigenvalue weighted by atomic mass is 79.9. The Kier molecular flexibility index (Phi) is 4.90. The predicted octanol–water partition coefficient (Wildman–Crippen LogP) is 1.22. The topological polar surface area (TPSA) is 34.0 Å². The first-order valence-electron chi connectivity index (χ1n) is 4.69. The fourth-order valence-corrected chi connectivity index (χ4v) is 1.36. The summed E-state index contributed by atoms with van der Waals surface area (Å²) < 4.78 is 1.70. The number of aromatic nitrogens is 1. The van der Waals surface area contributed by atoms with E-state index in [9.17, 15) is 4.79 Å². The summed E-state index contributed by atoms with van der Waals surface area (Å²) in [6, 6.07) is 5.64. The summed E-state index contributed by atoms with van der Waals surface area (Å²) >= 11 is 3.38. The molecule has 0 aliphatic heterocycles. The molecule has 14 heavy (non-hydrogen) atoms. The normalized spacial score (nSPS) is 12.7. The Morgan fingerprint density at radius 3 is 3.00 bits per heavy atom. The van der Waals surface area contributed by atoms with E-state index in [1.54, 1.807) is 16.7 Å². The Morgan fingerprint density at radius 2 is 2.36 bits per heavy atom. The van der Waals surface area contributed by atoms with Gasteiger partial charge in [-0.2, -0.15) is 0 Å². The van der Waals surface area contributed by atoms with Crippen molar-refractivity contribution in [3.63, 3.8) is 0 Å². The molecule has 1 N–H and O–H groups in total. The van der Waals surface area contributed by atoms with Gasteiger partial charge < -0.3 is 9.88 Å². The second-order valence-electron chi connectivity index (χ2n) is 3.24. The molecule has 4 heteroatoms. The lowest BCUT2D eigenvalue weighted by Gasteiger charge is -2.11. The van der Waals surface area contributed by atoms with E-state index >= 15 is 0 Å². The predicted molar refractivity (Wildman–Crippen MR) is 62.0 cm³/mol. The van der Waals surface area contributed by atoms with Gasteiger partial charge in [-0.15, -0.1) is 0 Å². The van der Waals surface area contributed by atoms with E-state index in [1.807, 2.05) is 12.3 Å². The Balaban J connectivity index is 2.39. The molecule has 0 saturated carbocycles. The summed E-state index contributed by atoms with van der Waals surface area (Å²) in [5.74, 6) is 0. The van der Waals surface area contributed by atoms with E-state index in [1.165, 1.54) is 0 Å². The lowest BCUT2D eigenvalue weighted by Crippen LogP contribution is -2.32. The highest BCUT2D eigenvalue weighted by Gasteiger charge is 1.98. The molecular weight excluding hydrogens is 244 g/mol. The van der Waals surface area contributed by atoms with Gasteiger partial charge in [-0.25, -0.2) is 0 Å². The summed E-state index contributed by atoms with van der Waals surface area (Å²) in [7, 11) is 0. The second-order valence-corrected chi connectivity index (χ2v) is 3.89. The van der Waals surface area contributed by atoms with E-state index in [0.717, 1.165) is 18.4 Å². The Bertz CT molecular complexity index is 324. The molecule has 1 heterocycles. The van der Waals surface area contributed by atoms with E-state index in [2.05, 4.69) is 28.2 Å². The van der Waals surface area contributed by atoms with Crippen LogP contribution in [0, 0.1) is 0 Å². The number of hydrogen-bond acceptors (Lipinski definition) is 2. The maximum atomic E-state index is 11.3. The van der Waals surface area contributed by atoms with Crippen molar-refractivity contribution in [3.8, 4) is 0 Å². The molecule has 0 bridgehead atoms. The van der Waals surface area contributed by atoms with Gasteiger partial charge in [0.2, 0.25) is 0 Å². The highest BCUT2D eigenvalue weighted by Crippen LogP contribution is 1.88. The van der Waals surface area contributed by atoms with Crippen LogP contribution in [0.15, 0.2) is 29.2 Å². The van der Waals surface area contributed by atoms with Gasteiger partial charge in [0.25, 0.3) is 5.56 Å². The third kappa shape index (κ3) is 3.64. The van der Waals surface area contributed by atoms with Crippen LogP contribution >= 0.6 is 15.9 Å². The Morgan fingerprint density at radius 1 is 1.57 bits per heavy atom. The summed E-state index contributed by atoms with van der Waals surface area (Å²) in [6.45, 7) is 3.64. The lowest BCUT2D eigenvalue weighted by atomic mass is 10.4. The van der Waals surface area contributed by atoms with E-state index in [4.69, 9.17) is 0 Å². The number of pyridine rings is 1. The highest BCUT2D eigenvalue weighted by molar-refractivity contribution is 9.09. The van der Waals surface area contributed by atoms with E-state index in [-0.39, 0.29) is 5.56 Å². The van der Waals surface area contributed by atoms with Crippen LogP contribution in [-0.4, -0.2) is 22.5 Å². The maximum absolute atomic E-state index is 11.3. The SMILES string of the molecule is CC(CBr)NCCn1ccccc1=O. The van der Waals surface area contributed by atoms with Crippen molar-refractivity contribution in [1.29, 1.82) is 0 Å². The quantitative estimate of drug-likeness (QED) is 0.807. The van der Waals surface area contributed by atoms with E-state index < -0.39 is 0 Å². The summed E-state index contributed by atoms with van der Waals surface area (Å²) in [6.07, 6.45) is 1.81. The molecule has 0 fully saturated rings. The first-order chi connectivity index (χ1) is 6.74. The van der Waals surface area contributed by atoms with Gasteiger partial charge >= 0.3 is 0 Å². The minimum absolute atomic E-state index is 0.0563. The van der Waals surface area contributed by atoms with E-state index in [0.29, 0.717) is 6.04 Å². The molecule has 3 nitrogen and oxygen atoms in total. The Hall–Kier alpha value is -0.610. The van der Waals surface area contributed by atoms with Crippen LogP contribution in [0.4, 0.5) is 0 Å². The summed E-state index contributed by atoms with van der Waals surface area (Å²) in [4.78, 5) is 11.3. The van der Waals surface area contributed by atoms with Crippen molar-refractivity contribution in [2.75, 3.05) is 11.9 Å². The standard InChI is InChI=1S/C10H15BrN2O/c1-9(8-11)12-5-7-13-6-3-2-4-10(13)14/h2-4,6,9,12H,5,7-8H2,1H3. The van der Waals surface area contributed by atoms with Crippen LogP contribution in [0.5, 0.6) is 0 Å². The molecule has 1 unspecified atom stereocenters. The second kappa shape index (κ2) is 5.98. The molecule has 1 aromatic rings. The molecule has 0 aliphatic carbocycles. The number of nitrogens with one attached hydrogen (secondary N) is 1. The van der Waals surface area contributed by atoms with Crippen molar-refractivity contribution in [2.45, 2.75) is 19.5 Å². The van der Waals surface area contributed by atoms with Crippen molar-refractivity contribution in [3.05, 3.63) is 34.7 Å². The maximum Gasteiger partial charge on any atom is 0.250 e. The minimum Gasteiger partial charge on any atom is -0.314 e. The fraction of sp³-hybridized carbons (Fsp3) is 0.500. The van der Waals surface area contributed by atoms with Crippen LogP contribution in [0.25, 0.3) is 0 Å². The van der Waals surface area contributed by atoms with Crippen LogP contribution in [0.3, 0.4) is 0 Å². The average Bonchev–Trinajstić information content (AvgIpc) is 2.20. The number of halogens is 1. The van der Waals surface area contributed by atoms with Crippen LogP contribution in [0.1, 0.15) is 6.92 Å². The number of alkyl halides is 1. The monoisotopic (exact) mass is 258 g/mol. The third-order valence-corrected chi connectivity index (χ3v) is 2.95. The fourth-order valence-electron chi connectivity index (χ4n) is 1.13. The van der Waals surface area contributed by atoms with Gasteiger partial charge in [0.1, 0.15) is 0 Å². The Labute approximate surface area is 92.3 Å². The average molecular weight is 259 g/mol. The third-order valence-electron chi connectivity index (χ3n) is 1.98. The molecule has 1 atom stereocenters. The molecule has 0 aliphatic rings. The van der Waals surface area contributed by atoms with Crippen molar-refractivity contribution < 1.29 is 0 Å². The van der Waals surface area contributed by atoms with Crippen LogP contribution in [-0.2, 0) is 6.54 Å².